The van der Waals surface area contributed by atoms with E-state index >= 15 is 0 Å². The van der Waals surface area contributed by atoms with Crippen molar-refractivity contribution in [1.29, 1.82) is 0 Å². The first-order chi connectivity index (χ1) is 19.4. The van der Waals surface area contributed by atoms with Gasteiger partial charge in [-0.05, 0) is 106 Å². The number of aliphatic carboxylic acids is 1. The summed E-state index contributed by atoms with van der Waals surface area (Å²) >= 11 is 0. The molecule has 5 rings (SSSR count). The maximum absolute atomic E-state index is 11.6. The molecule has 2 aliphatic carbocycles. The first kappa shape index (κ1) is 30.3. The first-order valence-corrected chi connectivity index (χ1v) is 15.3. The number of allylic oxidation sites excluding steroid dienone is 5. The maximum atomic E-state index is 11.6. The predicted octanol–water partition coefficient (Wildman–Crippen LogP) is 6.67. The van der Waals surface area contributed by atoms with Crippen LogP contribution in [0, 0.1) is 11.8 Å². The largest absolute Gasteiger partial charge is 0.480 e. The van der Waals surface area contributed by atoms with Gasteiger partial charge in [0.2, 0.25) is 0 Å². The summed E-state index contributed by atoms with van der Waals surface area (Å²) in [5, 5.41) is 13.5. The Bertz CT molecular complexity index is 1050. The first-order valence-electron chi connectivity index (χ1n) is 15.3. The van der Waals surface area contributed by atoms with E-state index in [1.807, 2.05) is 12.1 Å². The molecule has 0 radical (unpaired) electrons. The molecule has 2 saturated heterocycles. The molecule has 0 amide bonds. The molecule has 2 heterocycles. The lowest BCUT2D eigenvalue weighted by Gasteiger charge is -2.32. The van der Waals surface area contributed by atoms with Crippen LogP contribution >= 0.6 is 0 Å². The summed E-state index contributed by atoms with van der Waals surface area (Å²) in [7, 11) is 3.79. The molecule has 0 aromatic heterocycles. The van der Waals surface area contributed by atoms with Crippen LogP contribution in [0.2, 0.25) is 0 Å². The molecular formula is C34H49N3O3. The third-order valence-electron chi connectivity index (χ3n) is 9.25. The molecule has 218 valence electrons. The standard InChI is InChI=1S/C17H26N2O.C17H23NO2/c1-14-13-16(7-8-17(14)18-20-3)6-4-5-15-9-11-19(2)12-10-15;19-17(20)16(11-13-5-4-6-13)18-10-9-15(12-18)14-7-2-1-3-8-14/h7-8,13,15H,1,4-6,9-12H2,2-3H3;1-3,7-8,13,15-16H,4-6,9-12H2,(H,19,20)/b18-17-;. The highest BCUT2D eigenvalue weighted by Crippen LogP contribution is 2.35. The van der Waals surface area contributed by atoms with Gasteiger partial charge < -0.3 is 14.8 Å². The minimum atomic E-state index is -0.634. The van der Waals surface area contributed by atoms with Crippen LogP contribution in [-0.2, 0) is 9.63 Å². The molecule has 4 aliphatic rings. The fourth-order valence-corrected chi connectivity index (χ4v) is 6.45. The van der Waals surface area contributed by atoms with Gasteiger partial charge in [0.05, 0.1) is 0 Å². The highest BCUT2D eigenvalue weighted by atomic mass is 16.6. The van der Waals surface area contributed by atoms with Crippen molar-refractivity contribution in [3.05, 3.63) is 71.8 Å². The van der Waals surface area contributed by atoms with Gasteiger partial charge in [0.25, 0.3) is 0 Å². The molecule has 2 unspecified atom stereocenters. The number of hydrogen-bond acceptors (Lipinski definition) is 5. The second-order valence-electron chi connectivity index (χ2n) is 12.2. The monoisotopic (exact) mass is 547 g/mol. The van der Waals surface area contributed by atoms with Crippen molar-refractivity contribution in [2.75, 3.05) is 40.3 Å². The van der Waals surface area contributed by atoms with E-state index in [1.54, 1.807) is 7.11 Å². The molecule has 1 aromatic rings. The van der Waals surface area contributed by atoms with Crippen molar-refractivity contribution in [2.24, 2.45) is 17.0 Å². The molecule has 0 spiro atoms. The lowest BCUT2D eigenvalue weighted by molar-refractivity contribution is -0.143. The molecule has 6 heteroatoms. The number of rotatable bonds is 10. The number of carboxylic acids is 1. The summed E-state index contributed by atoms with van der Waals surface area (Å²) in [5.74, 6) is 1.44. The van der Waals surface area contributed by atoms with Gasteiger partial charge in [0.15, 0.2) is 0 Å². The van der Waals surface area contributed by atoms with Crippen molar-refractivity contribution in [3.8, 4) is 0 Å². The zero-order valence-corrected chi connectivity index (χ0v) is 24.6. The van der Waals surface area contributed by atoms with Crippen molar-refractivity contribution >= 4 is 11.7 Å². The molecule has 40 heavy (non-hydrogen) atoms. The van der Waals surface area contributed by atoms with Crippen molar-refractivity contribution in [1.82, 2.24) is 9.80 Å². The Labute approximate surface area is 241 Å². The fraction of sp³-hybridized carbons (Fsp3) is 0.588. The number of benzene rings is 1. The van der Waals surface area contributed by atoms with Crippen LogP contribution in [0.3, 0.4) is 0 Å². The molecule has 3 fully saturated rings. The van der Waals surface area contributed by atoms with E-state index in [1.165, 1.54) is 69.2 Å². The molecule has 2 atom stereocenters. The second-order valence-corrected chi connectivity index (χ2v) is 12.2. The summed E-state index contributed by atoms with van der Waals surface area (Å²) in [6.07, 6.45) is 18.4. The Kier molecular flexibility index (Phi) is 11.6. The summed E-state index contributed by atoms with van der Waals surface area (Å²) in [6.45, 7) is 8.37. The zero-order valence-electron chi connectivity index (χ0n) is 24.6. The van der Waals surface area contributed by atoms with E-state index in [9.17, 15) is 9.90 Å². The topological polar surface area (TPSA) is 65.4 Å². The van der Waals surface area contributed by atoms with E-state index in [0.717, 1.165) is 49.6 Å². The summed E-state index contributed by atoms with van der Waals surface area (Å²) < 4.78 is 0. The van der Waals surface area contributed by atoms with Gasteiger partial charge in [-0.2, -0.15) is 0 Å². The summed E-state index contributed by atoms with van der Waals surface area (Å²) in [5.41, 5.74) is 4.48. The van der Waals surface area contributed by atoms with Crippen LogP contribution < -0.4 is 0 Å². The molecule has 2 aliphatic heterocycles. The Morgan fingerprint density at radius 3 is 2.45 bits per heavy atom. The zero-order chi connectivity index (χ0) is 28.3. The number of likely N-dealkylation sites (tertiary alicyclic amines) is 2. The average molecular weight is 548 g/mol. The van der Waals surface area contributed by atoms with Gasteiger partial charge in [0.1, 0.15) is 18.9 Å². The quantitative estimate of drug-likeness (QED) is 0.331. The number of oxime groups is 1. The van der Waals surface area contributed by atoms with E-state index in [-0.39, 0.29) is 6.04 Å². The Morgan fingerprint density at radius 2 is 1.82 bits per heavy atom. The molecular weight excluding hydrogens is 498 g/mol. The lowest BCUT2D eigenvalue weighted by atomic mass is 9.80. The highest BCUT2D eigenvalue weighted by Gasteiger charge is 2.35. The molecule has 0 bridgehead atoms. The summed E-state index contributed by atoms with van der Waals surface area (Å²) in [6, 6.07) is 10.2. The highest BCUT2D eigenvalue weighted by molar-refractivity contribution is 6.11. The van der Waals surface area contributed by atoms with E-state index < -0.39 is 5.97 Å². The van der Waals surface area contributed by atoms with Crippen LogP contribution in [-0.4, -0.2) is 73.0 Å². The Balaban J connectivity index is 0.000000185. The van der Waals surface area contributed by atoms with Crippen LogP contribution in [0.4, 0.5) is 0 Å². The summed E-state index contributed by atoms with van der Waals surface area (Å²) in [4.78, 5) is 21.0. The minimum absolute atomic E-state index is 0.269. The van der Waals surface area contributed by atoms with Crippen LogP contribution in [0.25, 0.3) is 0 Å². The average Bonchev–Trinajstić information content (AvgIpc) is 3.41. The van der Waals surface area contributed by atoms with Gasteiger partial charge in [-0.25, -0.2) is 0 Å². The second kappa shape index (κ2) is 15.3. The van der Waals surface area contributed by atoms with Gasteiger partial charge in [-0.3, -0.25) is 9.69 Å². The SMILES string of the molecule is C=C1C=C(CCCC2CCN(C)CC2)C=C/C1=N/OC.O=C(O)C(CC1CCC1)N1CCC(c2ccccc2)C1. The van der Waals surface area contributed by atoms with Crippen LogP contribution in [0.15, 0.2) is 71.4 Å². The Hall–Kier alpha value is -2.70. The maximum Gasteiger partial charge on any atom is 0.320 e. The third kappa shape index (κ3) is 8.90. The molecule has 1 aromatic carbocycles. The number of nitrogens with zero attached hydrogens (tertiary/aromatic N) is 3. The molecule has 6 nitrogen and oxygen atoms in total. The smallest absolute Gasteiger partial charge is 0.320 e. The predicted molar refractivity (Wildman–Crippen MR) is 164 cm³/mol. The normalized spacial score (nSPS) is 24.2. The van der Waals surface area contributed by atoms with Crippen molar-refractivity contribution in [3.63, 3.8) is 0 Å². The molecule has 1 N–H and O–H groups in total. The number of piperidine rings is 1. The number of carbonyl (C=O) groups is 1. The minimum Gasteiger partial charge on any atom is -0.480 e. The lowest BCUT2D eigenvalue weighted by Crippen LogP contribution is -2.41. The number of carboxylic acid groups (broad SMARTS) is 1. The van der Waals surface area contributed by atoms with Gasteiger partial charge in [-0.15, -0.1) is 0 Å². The van der Waals surface area contributed by atoms with E-state index in [4.69, 9.17) is 4.84 Å². The van der Waals surface area contributed by atoms with Crippen LogP contribution in [0.1, 0.15) is 75.7 Å². The van der Waals surface area contributed by atoms with Crippen molar-refractivity contribution < 1.29 is 14.7 Å². The van der Waals surface area contributed by atoms with Gasteiger partial charge >= 0.3 is 5.97 Å². The number of hydrogen-bond donors (Lipinski definition) is 1. The van der Waals surface area contributed by atoms with Gasteiger partial charge in [0, 0.05) is 6.54 Å². The third-order valence-corrected chi connectivity index (χ3v) is 9.25. The van der Waals surface area contributed by atoms with Crippen molar-refractivity contribution in [2.45, 2.75) is 76.2 Å². The van der Waals surface area contributed by atoms with E-state index in [2.05, 4.69) is 65.0 Å². The Morgan fingerprint density at radius 1 is 1.07 bits per heavy atom. The van der Waals surface area contributed by atoms with Crippen LogP contribution in [0.5, 0.6) is 0 Å². The fourth-order valence-electron chi connectivity index (χ4n) is 6.45. The molecule has 1 saturated carbocycles. The van der Waals surface area contributed by atoms with Gasteiger partial charge in [-0.1, -0.05) is 79.9 Å². The van der Waals surface area contributed by atoms with E-state index in [0.29, 0.717) is 11.8 Å².